The van der Waals surface area contributed by atoms with Gasteiger partial charge in [0.05, 0.1) is 15.6 Å². The van der Waals surface area contributed by atoms with Crippen LogP contribution in [0.3, 0.4) is 0 Å². The number of carbonyl (C=O) groups excluding carboxylic acids is 2. The molecule has 0 aromatic heterocycles. The van der Waals surface area contributed by atoms with Gasteiger partial charge in [-0.05, 0) is 60.7 Å². The summed E-state index contributed by atoms with van der Waals surface area (Å²) in [5.74, 6) is -2.17. The van der Waals surface area contributed by atoms with Crippen LogP contribution in [0.2, 0.25) is 10.0 Å². The Balaban J connectivity index is 1.70. The van der Waals surface area contributed by atoms with Crippen LogP contribution in [-0.4, -0.2) is 41.0 Å². The van der Waals surface area contributed by atoms with Gasteiger partial charge in [-0.1, -0.05) is 23.2 Å². The van der Waals surface area contributed by atoms with Gasteiger partial charge in [-0.2, -0.15) is 0 Å². The van der Waals surface area contributed by atoms with Crippen molar-refractivity contribution in [3.8, 4) is 0 Å². The van der Waals surface area contributed by atoms with Gasteiger partial charge in [0.1, 0.15) is 10.7 Å². The first-order chi connectivity index (χ1) is 16.5. The van der Waals surface area contributed by atoms with Gasteiger partial charge in [-0.3, -0.25) is 9.52 Å². The third-order valence-electron chi connectivity index (χ3n) is 4.63. The molecule has 184 valence electrons. The minimum absolute atomic E-state index is 0.0804. The predicted octanol–water partition coefficient (Wildman–Crippen LogP) is 4.79. The smallest absolute Gasteiger partial charge is 0.340 e. The number of halogens is 3. The fourth-order valence-corrected chi connectivity index (χ4v) is 4.78. The summed E-state index contributed by atoms with van der Waals surface area (Å²) in [6.45, 7) is -0.636. The first-order valence-corrected chi connectivity index (χ1v) is 12.2. The van der Waals surface area contributed by atoms with E-state index >= 15 is 0 Å². The van der Waals surface area contributed by atoms with Crippen LogP contribution in [-0.2, 0) is 19.6 Å². The molecule has 2 N–H and O–H groups in total. The normalized spacial score (nSPS) is 11.0. The topological polar surface area (TPSA) is 105 Å². The maximum absolute atomic E-state index is 13.1. The fraction of sp³-hybridized carbons (Fsp3) is 0.130. The van der Waals surface area contributed by atoms with E-state index in [4.69, 9.17) is 27.9 Å². The lowest BCUT2D eigenvalue weighted by molar-refractivity contribution is -0.119. The number of anilines is 3. The van der Waals surface area contributed by atoms with Crippen molar-refractivity contribution in [2.75, 3.05) is 35.6 Å². The van der Waals surface area contributed by atoms with Gasteiger partial charge in [-0.25, -0.2) is 17.6 Å². The molecule has 12 heteroatoms. The lowest BCUT2D eigenvalue weighted by Crippen LogP contribution is -2.21. The van der Waals surface area contributed by atoms with Gasteiger partial charge in [0.2, 0.25) is 0 Å². The highest BCUT2D eigenvalue weighted by Crippen LogP contribution is 2.30. The first-order valence-electron chi connectivity index (χ1n) is 9.98. The van der Waals surface area contributed by atoms with Crippen molar-refractivity contribution < 1.29 is 27.1 Å². The van der Waals surface area contributed by atoms with Crippen LogP contribution in [0.25, 0.3) is 0 Å². The number of carbonyl (C=O) groups is 2. The van der Waals surface area contributed by atoms with Crippen LogP contribution in [0.5, 0.6) is 0 Å². The van der Waals surface area contributed by atoms with E-state index in [0.29, 0.717) is 5.69 Å². The molecule has 8 nitrogen and oxygen atoms in total. The van der Waals surface area contributed by atoms with Crippen LogP contribution in [0.15, 0.2) is 65.6 Å². The fourth-order valence-electron chi connectivity index (χ4n) is 2.87. The molecule has 0 radical (unpaired) electrons. The number of ether oxygens (including phenoxy) is 1. The minimum atomic E-state index is -4.26. The molecular weight excluding hydrogens is 520 g/mol. The molecule has 1 amide bonds. The number of nitrogens with zero attached hydrogens (tertiary/aromatic N) is 1. The van der Waals surface area contributed by atoms with Crippen molar-refractivity contribution in [2.24, 2.45) is 0 Å². The van der Waals surface area contributed by atoms with Crippen LogP contribution >= 0.6 is 23.2 Å². The quantitative estimate of drug-likeness (QED) is 0.398. The summed E-state index contributed by atoms with van der Waals surface area (Å²) in [5.41, 5.74) is 1.21. The highest BCUT2D eigenvalue weighted by molar-refractivity contribution is 7.92. The van der Waals surface area contributed by atoms with E-state index in [2.05, 4.69) is 10.0 Å². The Morgan fingerprint density at radius 3 is 2.14 bits per heavy atom. The van der Waals surface area contributed by atoms with Gasteiger partial charge < -0.3 is 15.0 Å². The van der Waals surface area contributed by atoms with Gasteiger partial charge >= 0.3 is 5.97 Å². The number of rotatable bonds is 8. The Morgan fingerprint density at radius 2 is 1.54 bits per heavy atom. The number of hydrogen-bond acceptors (Lipinski definition) is 6. The summed E-state index contributed by atoms with van der Waals surface area (Å²) in [5, 5.41) is 2.17. The zero-order chi connectivity index (χ0) is 25.8. The number of sulfonamides is 1. The summed E-state index contributed by atoms with van der Waals surface area (Å²) in [6.07, 6.45) is 0. The molecule has 0 saturated carbocycles. The number of amides is 1. The van der Waals surface area contributed by atoms with Crippen LogP contribution in [0, 0.1) is 5.82 Å². The average molecular weight is 540 g/mol. The van der Waals surface area contributed by atoms with E-state index < -0.39 is 39.2 Å². The molecule has 3 aromatic rings. The number of benzene rings is 3. The molecule has 3 rings (SSSR count). The SMILES string of the molecule is CN(C)c1ccc(NC(=O)COC(=O)c2cc(S(=O)(=O)Nc3ccc(F)cc3)c(Cl)cc2Cl)cc1. The molecule has 0 fully saturated rings. The Morgan fingerprint density at radius 1 is 0.943 bits per heavy atom. The summed E-state index contributed by atoms with van der Waals surface area (Å²) >= 11 is 12.1. The van der Waals surface area contributed by atoms with Crippen molar-refractivity contribution in [2.45, 2.75) is 4.90 Å². The summed E-state index contributed by atoms with van der Waals surface area (Å²) in [4.78, 5) is 26.2. The molecular formula is C23H20Cl2FN3O5S. The Hall–Kier alpha value is -3.34. The third kappa shape index (κ3) is 6.84. The number of hydrogen-bond donors (Lipinski definition) is 2. The van der Waals surface area contributed by atoms with E-state index in [1.807, 2.05) is 19.0 Å². The Bertz CT molecular complexity index is 1350. The monoisotopic (exact) mass is 539 g/mol. The zero-order valence-corrected chi connectivity index (χ0v) is 20.8. The second kappa shape index (κ2) is 10.9. The summed E-state index contributed by atoms with van der Waals surface area (Å²) < 4.78 is 45.9. The van der Waals surface area contributed by atoms with Crippen molar-refractivity contribution in [1.82, 2.24) is 0 Å². The van der Waals surface area contributed by atoms with Crippen molar-refractivity contribution in [3.05, 3.63) is 82.1 Å². The van der Waals surface area contributed by atoms with Gasteiger partial charge in [0, 0.05) is 31.2 Å². The molecule has 0 unspecified atom stereocenters. The maximum atomic E-state index is 13.1. The van der Waals surface area contributed by atoms with E-state index in [1.165, 1.54) is 12.1 Å². The Labute approximate surface area is 211 Å². The highest BCUT2D eigenvalue weighted by Gasteiger charge is 2.24. The second-order valence-corrected chi connectivity index (χ2v) is 9.91. The molecule has 0 aliphatic carbocycles. The maximum Gasteiger partial charge on any atom is 0.340 e. The van der Waals surface area contributed by atoms with Crippen molar-refractivity contribution in [3.63, 3.8) is 0 Å². The molecule has 0 saturated heterocycles. The molecule has 0 aliphatic rings. The van der Waals surface area contributed by atoms with E-state index in [-0.39, 0.29) is 21.3 Å². The molecule has 35 heavy (non-hydrogen) atoms. The van der Waals surface area contributed by atoms with E-state index in [0.717, 1.165) is 30.0 Å². The molecule has 0 aliphatic heterocycles. The van der Waals surface area contributed by atoms with Crippen LogP contribution in [0.4, 0.5) is 21.5 Å². The zero-order valence-electron chi connectivity index (χ0n) is 18.5. The first kappa shape index (κ1) is 26.3. The summed E-state index contributed by atoms with van der Waals surface area (Å²) in [6, 6.07) is 13.6. The van der Waals surface area contributed by atoms with Gasteiger partial charge in [0.15, 0.2) is 6.61 Å². The van der Waals surface area contributed by atoms with Gasteiger partial charge in [0.25, 0.3) is 15.9 Å². The standard InChI is InChI=1S/C23H20Cl2FN3O5S/c1-29(2)17-9-7-15(8-10-17)27-22(30)13-34-23(31)18-11-21(20(25)12-19(18)24)35(32,33)28-16-5-3-14(26)4-6-16/h3-12,28H,13H2,1-2H3,(H,27,30). The largest absolute Gasteiger partial charge is 0.452 e. The average Bonchev–Trinajstić information content (AvgIpc) is 2.79. The van der Waals surface area contributed by atoms with Crippen LogP contribution < -0.4 is 14.9 Å². The minimum Gasteiger partial charge on any atom is -0.452 e. The molecule has 0 atom stereocenters. The predicted molar refractivity (Wildman–Crippen MR) is 133 cm³/mol. The van der Waals surface area contributed by atoms with Crippen LogP contribution in [0.1, 0.15) is 10.4 Å². The number of esters is 1. The molecule has 0 bridgehead atoms. The summed E-state index contributed by atoms with van der Waals surface area (Å²) in [7, 11) is -0.506. The third-order valence-corrected chi connectivity index (χ3v) is 6.79. The Kier molecular flexibility index (Phi) is 8.21. The molecule has 3 aromatic carbocycles. The highest BCUT2D eigenvalue weighted by atomic mass is 35.5. The molecule has 0 heterocycles. The van der Waals surface area contributed by atoms with Crippen molar-refractivity contribution in [1.29, 1.82) is 0 Å². The van der Waals surface area contributed by atoms with Gasteiger partial charge in [-0.15, -0.1) is 0 Å². The lowest BCUT2D eigenvalue weighted by Gasteiger charge is -2.13. The van der Waals surface area contributed by atoms with Crippen molar-refractivity contribution >= 4 is 62.2 Å². The second-order valence-electron chi connectivity index (χ2n) is 7.44. The molecule has 0 spiro atoms. The lowest BCUT2D eigenvalue weighted by atomic mass is 10.2. The van der Waals surface area contributed by atoms with E-state index in [1.54, 1.807) is 24.3 Å². The number of nitrogens with one attached hydrogen (secondary N) is 2. The van der Waals surface area contributed by atoms with E-state index in [9.17, 15) is 22.4 Å².